The minimum Gasteiger partial charge on any atom is -0.399 e. The second-order valence-corrected chi connectivity index (χ2v) is 4.25. The van der Waals surface area contributed by atoms with Crippen molar-refractivity contribution in [2.24, 2.45) is 5.73 Å². The molecule has 17 heavy (non-hydrogen) atoms. The lowest BCUT2D eigenvalue weighted by Crippen LogP contribution is -2.18. The number of hydrogen-bond donors (Lipinski definition) is 3. The van der Waals surface area contributed by atoms with Crippen molar-refractivity contribution in [3.05, 3.63) is 23.8 Å². The second kappa shape index (κ2) is 6.10. The summed E-state index contributed by atoms with van der Waals surface area (Å²) in [6.45, 7) is 1.79. The molecule has 0 heterocycles. The number of nitrogens with one attached hydrogen (secondary N) is 1. The molecule has 0 saturated carbocycles. The smallest absolute Gasteiger partial charge is 0.250 e. The average Bonchev–Trinajstić information content (AvgIpc) is 2.25. The second-order valence-electron chi connectivity index (χ2n) is 4.25. The zero-order valence-electron chi connectivity index (χ0n) is 10.4. The van der Waals surface area contributed by atoms with Crippen LogP contribution in [0.25, 0.3) is 0 Å². The summed E-state index contributed by atoms with van der Waals surface area (Å²) in [5.74, 6) is -0.465. The number of carbonyl (C=O) groups excluding carboxylic acids is 1. The molecule has 0 fully saturated rings. The Morgan fingerprint density at radius 1 is 1.41 bits per heavy atom. The molecule has 0 spiro atoms. The molecule has 0 saturated heterocycles. The molecule has 0 atom stereocenters. The predicted octanol–water partition coefficient (Wildman–Crippen LogP) is 0.731. The van der Waals surface area contributed by atoms with Gasteiger partial charge in [-0.05, 0) is 45.3 Å². The molecule has 1 amide bonds. The summed E-state index contributed by atoms with van der Waals surface area (Å²) in [4.78, 5) is 13.3. The third kappa shape index (κ3) is 4.32. The molecular weight excluding hydrogens is 216 g/mol. The SMILES string of the molecule is CN(C)CCCNc1ccc(N)cc1C(N)=O. The Balaban J connectivity index is 2.61. The summed E-state index contributed by atoms with van der Waals surface area (Å²) in [5, 5.41) is 3.19. The van der Waals surface area contributed by atoms with Gasteiger partial charge in [0.05, 0.1) is 5.56 Å². The third-order valence-electron chi connectivity index (χ3n) is 2.41. The van der Waals surface area contributed by atoms with Crippen molar-refractivity contribution in [2.45, 2.75) is 6.42 Å². The van der Waals surface area contributed by atoms with Crippen molar-refractivity contribution in [1.29, 1.82) is 0 Å². The molecule has 0 aliphatic heterocycles. The maximum atomic E-state index is 11.2. The van der Waals surface area contributed by atoms with Crippen LogP contribution in [-0.4, -0.2) is 38.0 Å². The molecule has 5 nitrogen and oxygen atoms in total. The Morgan fingerprint density at radius 2 is 2.12 bits per heavy atom. The Bertz CT molecular complexity index is 390. The number of hydrogen-bond acceptors (Lipinski definition) is 4. The number of carbonyl (C=O) groups is 1. The lowest BCUT2D eigenvalue weighted by molar-refractivity contribution is 0.100. The fourth-order valence-corrected chi connectivity index (χ4v) is 1.54. The lowest BCUT2D eigenvalue weighted by Gasteiger charge is -2.12. The Hall–Kier alpha value is -1.75. The van der Waals surface area contributed by atoms with E-state index in [2.05, 4.69) is 10.2 Å². The average molecular weight is 236 g/mol. The Kier molecular flexibility index (Phi) is 4.78. The van der Waals surface area contributed by atoms with Gasteiger partial charge in [0.1, 0.15) is 0 Å². The normalized spacial score (nSPS) is 10.5. The van der Waals surface area contributed by atoms with Crippen LogP contribution in [0.1, 0.15) is 16.8 Å². The number of benzene rings is 1. The highest BCUT2D eigenvalue weighted by molar-refractivity contribution is 5.99. The van der Waals surface area contributed by atoms with Crippen molar-refractivity contribution in [2.75, 3.05) is 38.2 Å². The lowest BCUT2D eigenvalue weighted by atomic mass is 10.1. The molecule has 5 heteroatoms. The first kappa shape index (κ1) is 13.3. The van der Waals surface area contributed by atoms with Crippen LogP contribution in [0, 0.1) is 0 Å². The van der Waals surface area contributed by atoms with Crippen molar-refractivity contribution in [1.82, 2.24) is 4.90 Å². The van der Waals surface area contributed by atoms with Gasteiger partial charge in [0.15, 0.2) is 0 Å². The number of amides is 1. The third-order valence-corrected chi connectivity index (χ3v) is 2.41. The van der Waals surface area contributed by atoms with E-state index in [1.165, 1.54) is 0 Å². The Labute approximate surface area is 102 Å². The number of nitrogen functional groups attached to an aromatic ring is 1. The molecule has 0 aliphatic carbocycles. The van der Waals surface area contributed by atoms with E-state index in [9.17, 15) is 4.79 Å². The summed E-state index contributed by atoms with van der Waals surface area (Å²) in [7, 11) is 4.05. The van der Waals surface area contributed by atoms with Gasteiger partial charge in [-0.2, -0.15) is 0 Å². The minimum atomic E-state index is -0.465. The zero-order valence-corrected chi connectivity index (χ0v) is 10.4. The topological polar surface area (TPSA) is 84.4 Å². The van der Waals surface area contributed by atoms with Crippen molar-refractivity contribution >= 4 is 17.3 Å². The maximum Gasteiger partial charge on any atom is 0.250 e. The quantitative estimate of drug-likeness (QED) is 0.502. The standard InChI is InChI=1S/C12H20N4O/c1-16(2)7-3-6-15-11-5-4-9(13)8-10(11)12(14)17/h4-5,8,15H,3,6-7,13H2,1-2H3,(H2,14,17). The highest BCUT2D eigenvalue weighted by Gasteiger charge is 2.07. The van der Waals surface area contributed by atoms with E-state index in [-0.39, 0.29) is 0 Å². The van der Waals surface area contributed by atoms with E-state index in [4.69, 9.17) is 11.5 Å². The number of nitrogens with two attached hydrogens (primary N) is 2. The Morgan fingerprint density at radius 3 is 2.71 bits per heavy atom. The fourth-order valence-electron chi connectivity index (χ4n) is 1.54. The highest BCUT2D eigenvalue weighted by atomic mass is 16.1. The van der Waals surface area contributed by atoms with Gasteiger partial charge < -0.3 is 21.7 Å². The van der Waals surface area contributed by atoms with Crippen molar-refractivity contribution in [3.63, 3.8) is 0 Å². The van der Waals surface area contributed by atoms with Crippen molar-refractivity contribution < 1.29 is 4.79 Å². The van der Waals surface area contributed by atoms with Crippen LogP contribution in [0.15, 0.2) is 18.2 Å². The summed E-state index contributed by atoms with van der Waals surface area (Å²) in [6, 6.07) is 5.13. The molecule has 1 aromatic carbocycles. The van der Waals surface area contributed by atoms with Crippen LogP contribution in [0.5, 0.6) is 0 Å². The zero-order chi connectivity index (χ0) is 12.8. The molecule has 0 radical (unpaired) electrons. The predicted molar refractivity (Wildman–Crippen MR) is 71.0 cm³/mol. The van der Waals surface area contributed by atoms with Crippen molar-refractivity contribution in [3.8, 4) is 0 Å². The van der Waals surface area contributed by atoms with Gasteiger partial charge in [0, 0.05) is 17.9 Å². The van der Waals surface area contributed by atoms with Gasteiger partial charge in [-0.1, -0.05) is 0 Å². The van der Waals surface area contributed by atoms with E-state index in [0.717, 1.165) is 25.2 Å². The van der Waals surface area contributed by atoms with E-state index in [1.54, 1.807) is 18.2 Å². The summed E-state index contributed by atoms with van der Waals surface area (Å²) in [6.07, 6.45) is 0.996. The largest absolute Gasteiger partial charge is 0.399 e. The molecule has 5 N–H and O–H groups in total. The van der Waals surface area contributed by atoms with Gasteiger partial charge in [0.2, 0.25) is 0 Å². The summed E-state index contributed by atoms with van der Waals surface area (Å²) in [5.41, 5.74) is 12.6. The first-order valence-corrected chi connectivity index (χ1v) is 5.58. The van der Waals surface area contributed by atoms with Gasteiger partial charge >= 0.3 is 0 Å². The number of rotatable bonds is 6. The van der Waals surface area contributed by atoms with E-state index < -0.39 is 5.91 Å². The van der Waals surface area contributed by atoms with Crippen LogP contribution in [0.4, 0.5) is 11.4 Å². The van der Waals surface area contributed by atoms with Crippen LogP contribution in [0.2, 0.25) is 0 Å². The van der Waals surface area contributed by atoms with E-state index in [1.807, 2.05) is 14.1 Å². The molecule has 0 aromatic heterocycles. The minimum absolute atomic E-state index is 0.440. The van der Waals surface area contributed by atoms with Crippen LogP contribution >= 0.6 is 0 Å². The number of anilines is 2. The van der Waals surface area contributed by atoms with Gasteiger partial charge in [0.25, 0.3) is 5.91 Å². The maximum absolute atomic E-state index is 11.2. The van der Waals surface area contributed by atoms with Gasteiger partial charge in [-0.25, -0.2) is 0 Å². The van der Waals surface area contributed by atoms with E-state index in [0.29, 0.717) is 11.3 Å². The molecular formula is C12H20N4O. The first-order chi connectivity index (χ1) is 8.00. The van der Waals surface area contributed by atoms with Gasteiger partial charge in [-0.15, -0.1) is 0 Å². The molecule has 94 valence electrons. The fraction of sp³-hybridized carbons (Fsp3) is 0.417. The molecule has 0 unspecified atom stereocenters. The monoisotopic (exact) mass is 236 g/mol. The van der Waals surface area contributed by atoms with Crippen LogP contribution in [-0.2, 0) is 0 Å². The molecule has 0 aliphatic rings. The van der Waals surface area contributed by atoms with Crippen LogP contribution < -0.4 is 16.8 Å². The summed E-state index contributed by atoms with van der Waals surface area (Å²) < 4.78 is 0. The van der Waals surface area contributed by atoms with Gasteiger partial charge in [-0.3, -0.25) is 4.79 Å². The molecule has 1 rings (SSSR count). The molecule has 1 aromatic rings. The van der Waals surface area contributed by atoms with E-state index >= 15 is 0 Å². The summed E-state index contributed by atoms with van der Waals surface area (Å²) >= 11 is 0. The number of primary amides is 1. The highest BCUT2D eigenvalue weighted by Crippen LogP contribution is 2.18. The molecule has 0 bridgehead atoms. The first-order valence-electron chi connectivity index (χ1n) is 5.58. The van der Waals surface area contributed by atoms with Crippen LogP contribution in [0.3, 0.4) is 0 Å². The number of nitrogens with zero attached hydrogens (tertiary/aromatic N) is 1.